The molecule has 0 aliphatic rings. The third-order valence-electron chi connectivity index (χ3n) is 4.14. The number of nitrogens with zero attached hydrogens (tertiary/aromatic N) is 1. The van der Waals surface area contributed by atoms with Gasteiger partial charge in [-0.15, -0.1) is 0 Å². The lowest BCUT2D eigenvalue weighted by Crippen LogP contribution is -2.22. The van der Waals surface area contributed by atoms with Crippen LogP contribution in [0.25, 0.3) is 0 Å². The maximum absolute atomic E-state index is 12.1. The molecule has 0 radical (unpaired) electrons. The number of hydrogen-bond acceptors (Lipinski definition) is 2. The van der Waals surface area contributed by atoms with Crippen molar-refractivity contribution in [1.29, 1.82) is 0 Å². The van der Waals surface area contributed by atoms with Gasteiger partial charge in [0.05, 0.1) is 0 Å². The van der Waals surface area contributed by atoms with Crippen molar-refractivity contribution in [1.82, 2.24) is 10.2 Å². The molecule has 0 fully saturated rings. The van der Waals surface area contributed by atoms with Crippen molar-refractivity contribution in [3.8, 4) is 0 Å². The Labute approximate surface area is 145 Å². The van der Waals surface area contributed by atoms with Crippen molar-refractivity contribution in [2.45, 2.75) is 39.8 Å². The summed E-state index contributed by atoms with van der Waals surface area (Å²) in [6.07, 6.45) is 2.46. The number of unbranched alkanes of at least 4 members (excludes halogenated alkanes) is 1. The lowest BCUT2D eigenvalue weighted by atomic mass is 10.1. The summed E-state index contributed by atoms with van der Waals surface area (Å²) in [5.74, 6) is -0.0293. The van der Waals surface area contributed by atoms with Crippen LogP contribution in [-0.2, 0) is 13.1 Å². The zero-order valence-electron chi connectivity index (χ0n) is 15.0. The topological polar surface area (TPSA) is 32.3 Å². The molecule has 24 heavy (non-hydrogen) atoms. The van der Waals surface area contributed by atoms with E-state index in [9.17, 15) is 4.79 Å². The number of amides is 1. The molecule has 3 heteroatoms. The number of nitrogens with one attached hydrogen (secondary N) is 1. The molecule has 1 amide bonds. The maximum atomic E-state index is 12.1. The van der Waals surface area contributed by atoms with E-state index < -0.39 is 0 Å². The monoisotopic (exact) mass is 324 g/mol. The van der Waals surface area contributed by atoms with E-state index in [1.165, 1.54) is 18.4 Å². The summed E-state index contributed by atoms with van der Waals surface area (Å²) in [5.41, 5.74) is 4.29. The largest absolute Gasteiger partial charge is 0.348 e. The van der Waals surface area contributed by atoms with E-state index in [1.807, 2.05) is 31.2 Å². The molecule has 0 aliphatic heterocycles. The Kier molecular flexibility index (Phi) is 7.01. The second-order valence-electron chi connectivity index (χ2n) is 6.46. The van der Waals surface area contributed by atoms with Gasteiger partial charge in [0.25, 0.3) is 5.91 Å². The Morgan fingerprint density at radius 2 is 1.62 bits per heavy atom. The van der Waals surface area contributed by atoms with Crippen LogP contribution in [0.5, 0.6) is 0 Å². The van der Waals surface area contributed by atoms with E-state index >= 15 is 0 Å². The van der Waals surface area contributed by atoms with Crippen molar-refractivity contribution in [3.05, 3.63) is 70.8 Å². The molecule has 0 spiro atoms. The molecule has 0 saturated heterocycles. The average molecular weight is 324 g/mol. The maximum Gasteiger partial charge on any atom is 0.251 e. The number of carbonyl (C=O) groups excluding carboxylic acids is 1. The number of rotatable bonds is 8. The molecule has 2 rings (SSSR count). The van der Waals surface area contributed by atoms with Gasteiger partial charge in [-0.05, 0) is 50.2 Å². The van der Waals surface area contributed by atoms with Crippen LogP contribution < -0.4 is 5.32 Å². The summed E-state index contributed by atoms with van der Waals surface area (Å²) in [6.45, 7) is 6.88. The van der Waals surface area contributed by atoms with Crippen molar-refractivity contribution < 1.29 is 4.79 Å². The Morgan fingerprint density at radius 3 is 2.25 bits per heavy atom. The van der Waals surface area contributed by atoms with Crippen LogP contribution in [0, 0.1) is 6.92 Å². The lowest BCUT2D eigenvalue weighted by molar-refractivity contribution is 0.0951. The smallest absolute Gasteiger partial charge is 0.251 e. The normalized spacial score (nSPS) is 10.8. The summed E-state index contributed by atoms with van der Waals surface area (Å²) in [5, 5.41) is 2.97. The minimum atomic E-state index is -0.0293. The molecule has 0 saturated carbocycles. The Hall–Kier alpha value is -2.13. The van der Waals surface area contributed by atoms with Crippen LogP contribution in [-0.4, -0.2) is 24.4 Å². The molecule has 0 heterocycles. The minimum Gasteiger partial charge on any atom is -0.348 e. The van der Waals surface area contributed by atoms with Gasteiger partial charge in [0.15, 0.2) is 0 Å². The van der Waals surface area contributed by atoms with E-state index in [0.29, 0.717) is 12.1 Å². The quantitative estimate of drug-likeness (QED) is 0.791. The molecule has 2 aromatic rings. The van der Waals surface area contributed by atoms with E-state index in [1.54, 1.807) is 0 Å². The number of aryl methyl sites for hydroxylation is 1. The van der Waals surface area contributed by atoms with E-state index in [-0.39, 0.29) is 5.91 Å². The van der Waals surface area contributed by atoms with E-state index in [2.05, 4.69) is 48.5 Å². The Bertz CT molecular complexity index is 632. The predicted octanol–water partition coefficient (Wildman–Crippen LogP) is 4.16. The van der Waals surface area contributed by atoms with Crippen LogP contribution in [0.2, 0.25) is 0 Å². The van der Waals surface area contributed by atoms with Gasteiger partial charge in [-0.25, -0.2) is 0 Å². The van der Waals surface area contributed by atoms with Crippen LogP contribution in [0.1, 0.15) is 46.8 Å². The lowest BCUT2D eigenvalue weighted by Gasteiger charge is -2.16. The third kappa shape index (κ3) is 5.82. The van der Waals surface area contributed by atoms with E-state index in [4.69, 9.17) is 0 Å². The molecule has 2 aromatic carbocycles. The van der Waals surface area contributed by atoms with Crippen molar-refractivity contribution in [2.24, 2.45) is 0 Å². The zero-order chi connectivity index (χ0) is 17.4. The highest BCUT2D eigenvalue weighted by Gasteiger charge is 2.05. The molecular formula is C21H28N2O. The molecule has 0 atom stereocenters. The Morgan fingerprint density at radius 1 is 1.00 bits per heavy atom. The van der Waals surface area contributed by atoms with Gasteiger partial charge in [0.1, 0.15) is 0 Å². The van der Waals surface area contributed by atoms with Gasteiger partial charge in [0.2, 0.25) is 0 Å². The molecule has 1 N–H and O–H groups in total. The number of hydrogen-bond donors (Lipinski definition) is 1. The minimum absolute atomic E-state index is 0.0293. The van der Waals surface area contributed by atoms with Gasteiger partial charge < -0.3 is 10.2 Å². The van der Waals surface area contributed by atoms with E-state index in [0.717, 1.165) is 24.2 Å². The first-order chi connectivity index (χ1) is 11.6. The molecule has 0 unspecified atom stereocenters. The fraction of sp³-hybridized carbons (Fsp3) is 0.381. The zero-order valence-corrected chi connectivity index (χ0v) is 15.0. The van der Waals surface area contributed by atoms with Gasteiger partial charge in [-0.2, -0.15) is 0 Å². The molecule has 0 bridgehead atoms. The summed E-state index contributed by atoms with van der Waals surface area (Å²) in [4.78, 5) is 14.5. The fourth-order valence-corrected chi connectivity index (χ4v) is 2.57. The number of carbonyl (C=O) groups is 1. The van der Waals surface area contributed by atoms with Crippen LogP contribution in [0.15, 0.2) is 48.5 Å². The van der Waals surface area contributed by atoms with Crippen molar-refractivity contribution in [2.75, 3.05) is 13.6 Å². The van der Waals surface area contributed by atoms with Crippen LogP contribution >= 0.6 is 0 Å². The first kappa shape index (κ1) is 18.2. The molecule has 128 valence electrons. The first-order valence-corrected chi connectivity index (χ1v) is 8.69. The van der Waals surface area contributed by atoms with Crippen LogP contribution in [0.4, 0.5) is 0 Å². The fourth-order valence-electron chi connectivity index (χ4n) is 2.57. The summed E-state index contributed by atoms with van der Waals surface area (Å²) < 4.78 is 0. The molecule has 3 nitrogen and oxygen atoms in total. The molecule has 0 aliphatic carbocycles. The summed E-state index contributed by atoms with van der Waals surface area (Å²) >= 11 is 0. The highest BCUT2D eigenvalue weighted by Crippen LogP contribution is 2.08. The average Bonchev–Trinajstić information content (AvgIpc) is 2.59. The summed E-state index contributed by atoms with van der Waals surface area (Å²) in [7, 11) is 2.16. The molecular weight excluding hydrogens is 296 g/mol. The van der Waals surface area contributed by atoms with Crippen molar-refractivity contribution >= 4 is 5.91 Å². The highest BCUT2D eigenvalue weighted by atomic mass is 16.1. The SMILES string of the molecule is CCCCN(C)Cc1ccc(CNC(=O)c2ccc(C)cc2)cc1. The second kappa shape index (κ2) is 9.24. The number of benzene rings is 2. The Balaban J connectivity index is 1.83. The highest BCUT2D eigenvalue weighted by molar-refractivity contribution is 5.94. The predicted molar refractivity (Wildman–Crippen MR) is 100 cm³/mol. The van der Waals surface area contributed by atoms with Gasteiger partial charge in [-0.1, -0.05) is 55.3 Å². The standard InChI is InChI=1S/C21H28N2O/c1-4-5-14-23(3)16-19-10-8-18(9-11-19)15-22-21(24)20-12-6-17(2)7-13-20/h6-13H,4-5,14-16H2,1-3H3,(H,22,24). The summed E-state index contributed by atoms with van der Waals surface area (Å²) in [6, 6.07) is 16.1. The van der Waals surface area contributed by atoms with Gasteiger partial charge >= 0.3 is 0 Å². The first-order valence-electron chi connectivity index (χ1n) is 8.69. The van der Waals surface area contributed by atoms with Gasteiger partial charge in [0, 0.05) is 18.7 Å². The third-order valence-corrected chi connectivity index (χ3v) is 4.14. The van der Waals surface area contributed by atoms with Crippen LogP contribution in [0.3, 0.4) is 0 Å². The molecule has 0 aromatic heterocycles. The van der Waals surface area contributed by atoms with Gasteiger partial charge in [-0.3, -0.25) is 4.79 Å². The van der Waals surface area contributed by atoms with Crippen molar-refractivity contribution in [3.63, 3.8) is 0 Å². The second-order valence-corrected chi connectivity index (χ2v) is 6.46.